The first kappa shape index (κ1) is 21.5. The van der Waals surface area contributed by atoms with Gasteiger partial charge in [0.15, 0.2) is 6.23 Å². The second-order valence-electron chi connectivity index (χ2n) is 7.53. The number of rotatable bonds is 5. The molecule has 160 valence electrons. The summed E-state index contributed by atoms with van der Waals surface area (Å²) in [4.78, 5) is 8.61. The van der Waals surface area contributed by atoms with Crippen molar-refractivity contribution in [1.29, 1.82) is 0 Å². The summed E-state index contributed by atoms with van der Waals surface area (Å²) in [6.45, 7) is 3.71. The van der Waals surface area contributed by atoms with Crippen LogP contribution in [0.5, 0.6) is 0 Å². The fraction of sp³-hybridized carbons (Fsp3) is 0.429. The molecule has 0 bridgehead atoms. The van der Waals surface area contributed by atoms with Gasteiger partial charge in [-0.05, 0) is 37.6 Å². The van der Waals surface area contributed by atoms with E-state index in [1.54, 1.807) is 37.8 Å². The van der Waals surface area contributed by atoms with Gasteiger partial charge in [-0.1, -0.05) is 29.3 Å². The van der Waals surface area contributed by atoms with Gasteiger partial charge in [-0.2, -0.15) is 0 Å². The molecule has 0 radical (unpaired) electrons. The van der Waals surface area contributed by atoms with Crippen molar-refractivity contribution < 1.29 is 19.3 Å². The molecule has 3 aromatic rings. The summed E-state index contributed by atoms with van der Waals surface area (Å²) in [5.74, 6) is 0. The van der Waals surface area contributed by atoms with E-state index in [-0.39, 0.29) is 0 Å². The number of hydrogen-bond acceptors (Lipinski definition) is 6. The van der Waals surface area contributed by atoms with E-state index >= 15 is 0 Å². The minimum absolute atomic E-state index is 0.411. The Hall–Kier alpha value is -1.74. The molecule has 0 saturated carbocycles. The van der Waals surface area contributed by atoms with Crippen LogP contribution in [-0.2, 0) is 14.2 Å². The number of aliphatic hydroxyl groups is 1. The standard InChI is InChI=1S/C21H23Cl2N3O4/c1-11-13-7-8-26(19(13)25-10-24-11)20-17(27)21(2,29-4)18(30-20)16(28-3)12-5-6-14(22)15(23)9-12/h5-10,16-18,20,27H,1-4H3/t16-,17+,18-,20-,21+/m1/s1. The van der Waals surface area contributed by atoms with E-state index in [1.807, 2.05) is 25.3 Å². The predicted molar refractivity (Wildman–Crippen MR) is 114 cm³/mol. The fourth-order valence-electron chi connectivity index (χ4n) is 4.06. The molecule has 1 saturated heterocycles. The van der Waals surface area contributed by atoms with Crippen molar-refractivity contribution in [3.05, 3.63) is 58.1 Å². The summed E-state index contributed by atoms with van der Waals surface area (Å²) >= 11 is 12.3. The molecule has 0 aliphatic carbocycles. The minimum Gasteiger partial charge on any atom is -0.385 e. The minimum atomic E-state index is -1.06. The molecule has 1 aliphatic rings. The number of methoxy groups -OCH3 is 2. The van der Waals surface area contributed by atoms with Crippen LogP contribution in [0.2, 0.25) is 10.0 Å². The number of ether oxygens (including phenoxy) is 3. The van der Waals surface area contributed by atoms with Gasteiger partial charge in [0.05, 0.1) is 15.7 Å². The molecule has 1 aliphatic heterocycles. The normalized spacial score (nSPS) is 27.6. The lowest BCUT2D eigenvalue weighted by Crippen LogP contribution is -2.49. The Bertz CT molecular complexity index is 1080. The third kappa shape index (κ3) is 3.30. The van der Waals surface area contributed by atoms with Crippen LogP contribution in [0.3, 0.4) is 0 Å². The Kier molecular flexibility index (Phi) is 5.78. The Morgan fingerprint density at radius 1 is 1.20 bits per heavy atom. The summed E-state index contributed by atoms with van der Waals surface area (Å²) in [6, 6.07) is 7.17. The molecule has 1 fully saturated rings. The molecule has 30 heavy (non-hydrogen) atoms. The van der Waals surface area contributed by atoms with Gasteiger partial charge >= 0.3 is 0 Å². The maximum absolute atomic E-state index is 11.3. The van der Waals surface area contributed by atoms with Crippen molar-refractivity contribution in [3.8, 4) is 0 Å². The number of nitrogens with zero attached hydrogens (tertiary/aromatic N) is 3. The van der Waals surface area contributed by atoms with Crippen molar-refractivity contribution in [3.63, 3.8) is 0 Å². The highest BCUT2D eigenvalue weighted by molar-refractivity contribution is 6.42. The summed E-state index contributed by atoms with van der Waals surface area (Å²) in [5.41, 5.74) is 1.23. The second-order valence-corrected chi connectivity index (χ2v) is 8.34. The van der Waals surface area contributed by atoms with Crippen molar-refractivity contribution in [2.75, 3.05) is 14.2 Å². The second kappa shape index (κ2) is 8.07. The molecule has 9 heteroatoms. The summed E-state index contributed by atoms with van der Waals surface area (Å²) in [5, 5.41) is 13.0. The van der Waals surface area contributed by atoms with Crippen LogP contribution in [0.1, 0.15) is 30.5 Å². The molecule has 2 aromatic heterocycles. The lowest BCUT2D eigenvalue weighted by molar-refractivity contribution is -0.140. The van der Waals surface area contributed by atoms with Crippen molar-refractivity contribution >= 4 is 34.2 Å². The van der Waals surface area contributed by atoms with Gasteiger partial charge in [0, 0.05) is 25.8 Å². The number of aromatic nitrogens is 3. The van der Waals surface area contributed by atoms with Gasteiger partial charge in [0.1, 0.15) is 35.9 Å². The highest BCUT2D eigenvalue weighted by Gasteiger charge is 2.57. The summed E-state index contributed by atoms with van der Waals surface area (Å²) in [6.07, 6.45) is 0.425. The summed E-state index contributed by atoms with van der Waals surface area (Å²) < 4.78 is 19.7. The number of halogens is 2. The van der Waals surface area contributed by atoms with Gasteiger partial charge in [0.2, 0.25) is 0 Å². The molecule has 0 spiro atoms. The molecule has 4 rings (SSSR count). The van der Waals surface area contributed by atoms with Crippen LogP contribution >= 0.6 is 23.2 Å². The first-order valence-electron chi connectivity index (χ1n) is 9.46. The van der Waals surface area contributed by atoms with Gasteiger partial charge in [-0.15, -0.1) is 0 Å². The number of aryl methyl sites for hydroxylation is 1. The topological polar surface area (TPSA) is 78.6 Å². The smallest absolute Gasteiger partial charge is 0.164 e. The first-order chi connectivity index (χ1) is 14.3. The summed E-state index contributed by atoms with van der Waals surface area (Å²) in [7, 11) is 3.12. The van der Waals surface area contributed by atoms with Crippen LogP contribution in [0.15, 0.2) is 36.8 Å². The van der Waals surface area contributed by atoms with Gasteiger partial charge in [0.25, 0.3) is 0 Å². The molecular weight excluding hydrogens is 429 g/mol. The highest BCUT2D eigenvalue weighted by atomic mass is 35.5. The Morgan fingerprint density at radius 3 is 2.63 bits per heavy atom. The number of aliphatic hydroxyl groups excluding tert-OH is 1. The predicted octanol–water partition coefficient (Wildman–Crippen LogP) is 4.10. The highest BCUT2D eigenvalue weighted by Crippen LogP contribution is 2.46. The zero-order chi connectivity index (χ0) is 21.6. The molecular formula is C21H23Cl2N3O4. The molecule has 1 aromatic carbocycles. The average molecular weight is 452 g/mol. The van der Waals surface area contributed by atoms with E-state index in [9.17, 15) is 5.11 Å². The van der Waals surface area contributed by atoms with Crippen LogP contribution in [0.25, 0.3) is 11.0 Å². The van der Waals surface area contributed by atoms with E-state index in [0.29, 0.717) is 15.7 Å². The molecule has 0 amide bonds. The van der Waals surface area contributed by atoms with Gasteiger partial charge < -0.3 is 23.9 Å². The Balaban J connectivity index is 1.76. The Morgan fingerprint density at radius 2 is 1.97 bits per heavy atom. The fourth-order valence-corrected chi connectivity index (χ4v) is 4.37. The van der Waals surface area contributed by atoms with Crippen molar-refractivity contribution in [2.24, 2.45) is 0 Å². The molecule has 0 unspecified atom stereocenters. The third-order valence-corrected chi connectivity index (χ3v) is 6.67. The Labute approximate surface area is 184 Å². The lowest BCUT2D eigenvalue weighted by atomic mass is 9.88. The van der Waals surface area contributed by atoms with E-state index in [2.05, 4.69) is 9.97 Å². The zero-order valence-electron chi connectivity index (χ0n) is 17.0. The largest absolute Gasteiger partial charge is 0.385 e. The van der Waals surface area contributed by atoms with E-state index in [0.717, 1.165) is 16.6 Å². The zero-order valence-corrected chi connectivity index (χ0v) is 18.6. The third-order valence-electron chi connectivity index (χ3n) is 5.93. The van der Waals surface area contributed by atoms with E-state index in [1.165, 1.54) is 6.33 Å². The van der Waals surface area contributed by atoms with Crippen LogP contribution < -0.4 is 0 Å². The maximum Gasteiger partial charge on any atom is 0.164 e. The van der Waals surface area contributed by atoms with Crippen molar-refractivity contribution in [2.45, 2.75) is 44.0 Å². The van der Waals surface area contributed by atoms with Crippen LogP contribution in [0, 0.1) is 6.92 Å². The van der Waals surface area contributed by atoms with Gasteiger partial charge in [-0.25, -0.2) is 9.97 Å². The number of benzene rings is 1. The molecule has 7 nitrogen and oxygen atoms in total. The number of hydrogen-bond donors (Lipinski definition) is 1. The number of fused-ring (bicyclic) bond motifs is 1. The molecule has 5 atom stereocenters. The molecule has 1 N–H and O–H groups in total. The van der Waals surface area contributed by atoms with Crippen LogP contribution in [0.4, 0.5) is 0 Å². The van der Waals surface area contributed by atoms with E-state index < -0.39 is 30.1 Å². The lowest BCUT2D eigenvalue weighted by Gasteiger charge is -2.35. The first-order valence-corrected chi connectivity index (χ1v) is 10.2. The average Bonchev–Trinajstić information content (AvgIpc) is 3.27. The van der Waals surface area contributed by atoms with Crippen molar-refractivity contribution in [1.82, 2.24) is 14.5 Å². The quantitative estimate of drug-likeness (QED) is 0.628. The molecule has 3 heterocycles. The maximum atomic E-state index is 11.3. The monoisotopic (exact) mass is 451 g/mol. The SMILES string of the molecule is CO[C@H](c1ccc(Cl)c(Cl)c1)[C@H]1O[C@@H](n2ccc3c(C)ncnc32)[C@H](O)[C@]1(C)OC. The van der Waals surface area contributed by atoms with E-state index in [4.69, 9.17) is 37.4 Å². The van der Waals surface area contributed by atoms with Crippen LogP contribution in [-0.4, -0.2) is 51.7 Å². The van der Waals surface area contributed by atoms with Gasteiger partial charge in [-0.3, -0.25) is 0 Å².